The summed E-state index contributed by atoms with van der Waals surface area (Å²) in [5, 5.41) is 19.0. The molecule has 15 heavy (non-hydrogen) atoms. The molecule has 0 unspecified atom stereocenters. The van der Waals surface area contributed by atoms with Crippen molar-refractivity contribution in [2.45, 2.75) is 26.7 Å². The maximum Gasteiger partial charge on any atom is 0.135 e. The largest absolute Gasteiger partial charge is 0.550 e. The zero-order valence-corrected chi connectivity index (χ0v) is 9.65. The molecule has 7 heteroatoms. The molecule has 0 fully saturated rings. The molecule has 0 rings (SSSR count). The van der Waals surface area contributed by atoms with Crippen LogP contribution in [0.5, 0.6) is 0 Å². The molecule has 0 aliphatic heterocycles. The molecular formula is C8H10AgO6-2. The molecule has 1 radical (unpaired) electrons. The van der Waals surface area contributed by atoms with Crippen molar-refractivity contribution in [3.05, 3.63) is 0 Å². The van der Waals surface area contributed by atoms with Crippen molar-refractivity contribution < 1.29 is 51.8 Å². The van der Waals surface area contributed by atoms with Crippen LogP contribution in [0.1, 0.15) is 26.7 Å². The van der Waals surface area contributed by atoms with Gasteiger partial charge in [-0.05, 0) is 13.8 Å². The van der Waals surface area contributed by atoms with Gasteiger partial charge in [0.1, 0.15) is 11.6 Å². The molecule has 0 N–H and O–H groups in total. The van der Waals surface area contributed by atoms with Crippen LogP contribution in [0, 0.1) is 0 Å². The molecule has 0 aliphatic carbocycles. The van der Waals surface area contributed by atoms with Crippen LogP contribution in [0.2, 0.25) is 0 Å². The van der Waals surface area contributed by atoms with Crippen LogP contribution >= 0.6 is 0 Å². The van der Waals surface area contributed by atoms with Crippen LogP contribution in [0.4, 0.5) is 0 Å². The Labute approximate surface area is 102 Å². The van der Waals surface area contributed by atoms with E-state index in [0.717, 1.165) is 0 Å². The fourth-order valence-electron chi connectivity index (χ4n) is 0.407. The minimum atomic E-state index is -1.31. The number of hydrogen-bond donors (Lipinski definition) is 0. The molecule has 0 aromatic carbocycles. The van der Waals surface area contributed by atoms with Gasteiger partial charge in [0.2, 0.25) is 0 Å². The van der Waals surface area contributed by atoms with Gasteiger partial charge in [0.25, 0.3) is 0 Å². The zero-order chi connectivity index (χ0) is 11.7. The Morgan fingerprint density at radius 3 is 1.00 bits per heavy atom. The molecule has 6 nitrogen and oxygen atoms in total. The van der Waals surface area contributed by atoms with E-state index in [1.807, 2.05) is 0 Å². The maximum atomic E-state index is 9.83. The van der Waals surface area contributed by atoms with Gasteiger partial charge in [0.05, 0.1) is 0 Å². The van der Waals surface area contributed by atoms with E-state index in [0.29, 0.717) is 0 Å². The quantitative estimate of drug-likeness (QED) is 0.416. The molecule has 0 amide bonds. The third-order valence-electron chi connectivity index (χ3n) is 0.787. The standard InChI is InChI=1S/2C4H6O3.Ag/c2*1-3(5)2-4(6)7;/h2*2H2,1H3,(H,6,7);/p-2. The molecule has 0 atom stereocenters. The number of ketones is 2. The predicted octanol–water partition coefficient (Wildman–Crippen LogP) is -2.57. The Morgan fingerprint density at radius 1 is 0.800 bits per heavy atom. The van der Waals surface area contributed by atoms with Crippen LogP contribution < -0.4 is 10.2 Å². The van der Waals surface area contributed by atoms with Gasteiger partial charge < -0.3 is 19.8 Å². The number of carboxylic acids is 2. The average molecular weight is 310 g/mol. The van der Waals surface area contributed by atoms with Gasteiger partial charge in [-0.3, -0.25) is 9.59 Å². The molecule has 0 saturated heterocycles. The smallest absolute Gasteiger partial charge is 0.135 e. The number of Topliss-reactive ketones (excluding diaryl/α,β-unsaturated/α-hetero) is 2. The number of rotatable bonds is 4. The maximum absolute atomic E-state index is 9.83. The first-order valence-electron chi connectivity index (χ1n) is 3.64. The SMILES string of the molecule is CC(=O)CC(=O)[O-].CC(=O)CC(=O)[O-].[Ag]. The number of carbonyl (C=O) groups excluding carboxylic acids is 4. The summed E-state index contributed by atoms with van der Waals surface area (Å²) in [4.78, 5) is 38.6. The number of hydrogen-bond acceptors (Lipinski definition) is 6. The van der Waals surface area contributed by atoms with Gasteiger partial charge in [-0.2, -0.15) is 0 Å². The fraction of sp³-hybridized carbons (Fsp3) is 0.500. The predicted molar refractivity (Wildman–Crippen MR) is 40.6 cm³/mol. The van der Waals surface area contributed by atoms with Crippen molar-refractivity contribution in [3.63, 3.8) is 0 Å². The van der Waals surface area contributed by atoms with E-state index in [4.69, 9.17) is 0 Å². The van der Waals surface area contributed by atoms with Gasteiger partial charge in [-0.25, -0.2) is 0 Å². The Hall–Kier alpha value is -0.980. The number of carbonyl (C=O) groups is 4. The normalized spacial score (nSPS) is 7.60. The Bertz CT molecular complexity index is 198. The first-order chi connectivity index (χ1) is 6.25. The van der Waals surface area contributed by atoms with E-state index < -0.39 is 24.8 Å². The summed E-state index contributed by atoms with van der Waals surface area (Å²) < 4.78 is 0. The van der Waals surface area contributed by atoms with Gasteiger partial charge in [0.15, 0.2) is 0 Å². The van der Waals surface area contributed by atoms with Crippen LogP contribution in [0.15, 0.2) is 0 Å². The second-order valence-electron chi connectivity index (χ2n) is 2.50. The topological polar surface area (TPSA) is 114 Å². The van der Waals surface area contributed by atoms with Gasteiger partial charge in [-0.1, -0.05) is 0 Å². The molecule has 0 aliphatic rings. The molecule has 91 valence electrons. The van der Waals surface area contributed by atoms with E-state index in [1.54, 1.807) is 0 Å². The Balaban J connectivity index is -0.000000180. The van der Waals surface area contributed by atoms with Crippen molar-refractivity contribution >= 4 is 23.5 Å². The van der Waals surface area contributed by atoms with Crippen molar-refractivity contribution in [2.75, 3.05) is 0 Å². The minimum absolute atomic E-state index is 0. The summed E-state index contributed by atoms with van der Waals surface area (Å²) in [5.74, 6) is -3.37. The zero-order valence-electron chi connectivity index (χ0n) is 8.17. The third-order valence-corrected chi connectivity index (χ3v) is 0.787. The molecule has 0 bridgehead atoms. The second kappa shape index (κ2) is 11.1. The molecule has 0 aromatic rings. The summed E-state index contributed by atoms with van der Waals surface area (Å²) in [6.45, 7) is 2.41. The van der Waals surface area contributed by atoms with Crippen molar-refractivity contribution in [1.29, 1.82) is 0 Å². The van der Waals surface area contributed by atoms with E-state index >= 15 is 0 Å². The third kappa shape index (κ3) is 32.1. The van der Waals surface area contributed by atoms with E-state index in [9.17, 15) is 29.4 Å². The monoisotopic (exact) mass is 309 g/mol. The average Bonchev–Trinajstić information content (AvgIpc) is 1.79. The van der Waals surface area contributed by atoms with Crippen LogP contribution in [-0.4, -0.2) is 23.5 Å². The number of aliphatic carboxylic acids is 2. The summed E-state index contributed by atoms with van der Waals surface area (Å²) >= 11 is 0. The van der Waals surface area contributed by atoms with E-state index in [-0.39, 0.29) is 33.9 Å². The van der Waals surface area contributed by atoms with Gasteiger partial charge in [0, 0.05) is 47.2 Å². The van der Waals surface area contributed by atoms with Gasteiger partial charge >= 0.3 is 0 Å². The molecule has 0 heterocycles. The first kappa shape index (κ1) is 19.6. The summed E-state index contributed by atoms with van der Waals surface area (Å²) in [7, 11) is 0. The Kier molecular flexibility index (Phi) is 14.5. The van der Waals surface area contributed by atoms with Crippen molar-refractivity contribution in [3.8, 4) is 0 Å². The van der Waals surface area contributed by atoms with Gasteiger partial charge in [-0.15, -0.1) is 0 Å². The molecule has 0 spiro atoms. The Morgan fingerprint density at radius 2 is 1.00 bits per heavy atom. The summed E-state index contributed by atoms with van der Waals surface area (Å²) in [6.07, 6.45) is -0.944. The number of carboxylic acid groups (broad SMARTS) is 2. The van der Waals surface area contributed by atoms with E-state index in [2.05, 4.69) is 0 Å². The first-order valence-corrected chi connectivity index (χ1v) is 3.64. The van der Waals surface area contributed by atoms with Crippen LogP contribution in [0.3, 0.4) is 0 Å². The van der Waals surface area contributed by atoms with Crippen LogP contribution in [0.25, 0.3) is 0 Å². The second-order valence-corrected chi connectivity index (χ2v) is 2.50. The van der Waals surface area contributed by atoms with Crippen molar-refractivity contribution in [2.24, 2.45) is 0 Å². The summed E-state index contributed by atoms with van der Waals surface area (Å²) in [6, 6.07) is 0. The molecular weight excluding hydrogens is 300 g/mol. The molecule has 0 aromatic heterocycles. The molecule has 0 saturated carbocycles. The van der Waals surface area contributed by atoms with Crippen molar-refractivity contribution in [1.82, 2.24) is 0 Å². The fourth-order valence-corrected chi connectivity index (χ4v) is 0.407. The minimum Gasteiger partial charge on any atom is -0.550 e. The van der Waals surface area contributed by atoms with E-state index in [1.165, 1.54) is 13.8 Å². The summed E-state index contributed by atoms with van der Waals surface area (Å²) in [5.41, 5.74) is 0. The van der Waals surface area contributed by atoms with Crippen LogP contribution in [-0.2, 0) is 41.6 Å².